The van der Waals surface area contributed by atoms with Crippen LogP contribution < -0.4 is 15.2 Å². The zero-order chi connectivity index (χ0) is 11.8. The normalized spacial score (nSPS) is 22.8. The summed E-state index contributed by atoms with van der Waals surface area (Å²) in [5.41, 5.74) is 6.24. The Labute approximate surface area is 93.3 Å². The molecule has 0 fully saturated rings. The van der Waals surface area contributed by atoms with E-state index in [2.05, 4.69) is 9.12 Å². The summed E-state index contributed by atoms with van der Waals surface area (Å²) in [5, 5.41) is 0. The largest absolute Gasteiger partial charge is 0.497 e. The van der Waals surface area contributed by atoms with Crippen molar-refractivity contribution in [3.63, 3.8) is 0 Å². The van der Waals surface area contributed by atoms with Gasteiger partial charge in [0.1, 0.15) is 17.6 Å². The Hall–Kier alpha value is -1.60. The lowest BCUT2D eigenvalue weighted by atomic mass is 10.1. The maximum absolute atomic E-state index is 11.2. The Morgan fingerprint density at radius 2 is 2.25 bits per heavy atom. The van der Waals surface area contributed by atoms with Crippen molar-refractivity contribution in [3.8, 4) is 5.75 Å². The quantitative estimate of drug-likeness (QED) is 0.758. The number of benzene rings is 1. The van der Waals surface area contributed by atoms with Gasteiger partial charge in [-0.05, 0) is 17.7 Å². The van der Waals surface area contributed by atoms with Crippen LogP contribution in [-0.4, -0.2) is 21.4 Å². The fraction of sp³-hybridized carbons (Fsp3) is 0.222. The molecule has 1 aliphatic heterocycles. The van der Waals surface area contributed by atoms with Crippen molar-refractivity contribution in [2.45, 2.75) is 6.04 Å². The van der Waals surface area contributed by atoms with Gasteiger partial charge in [0.15, 0.2) is 0 Å². The van der Waals surface area contributed by atoms with E-state index in [0.717, 1.165) is 0 Å². The lowest BCUT2D eigenvalue weighted by molar-refractivity contribution is 0.414. The van der Waals surface area contributed by atoms with E-state index in [0.29, 0.717) is 11.3 Å². The zero-order valence-electron chi connectivity index (χ0n) is 8.54. The molecule has 1 unspecified atom stereocenters. The Morgan fingerprint density at radius 3 is 2.81 bits per heavy atom. The van der Waals surface area contributed by atoms with Gasteiger partial charge in [-0.25, -0.2) is 0 Å². The number of ether oxygens (including phenoxy) is 1. The molecule has 1 aliphatic rings. The molecule has 1 heterocycles. The van der Waals surface area contributed by atoms with Crippen LogP contribution in [0.25, 0.3) is 0 Å². The van der Waals surface area contributed by atoms with Gasteiger partial charge < -0.3 is 10.5 Å². The number of methoxy groups -OCH3 is 1. The molecule has 0 amide bonds. The molecule has 0 saturated heterocycles. The molecule has 1 atom stereocenters. The zero-order valence-corrected chi connectivity index (χ0v) is 9.36. The smallest absolute Gasteiger partial charge is 0.322 e. The average molecular weight is 241 g/mol. The Bertz CT molecular complexity index is 539. The van der Waals surface area contributed by atoms with Gasteiger partial charge in [0.2, 0.25) is 0 Å². The van der Waals surface area contributed by atoms with E-state index in [-0.39, 0.29) is 5.84 Å². The van der Waals surface area contributed by atoms with Gasteiger partial charge in [0, 0.05) is 0 Å². The first-order valence-corrected chi connectivity index (χ1v) is 5.97. The molecule has 0 radical (unpaired) electrons. The minimum Gasteiger partial charge on any atom is -0.497 e. The molecule has 3 N–H and O–H groups in total. The van der Waals surface area contributed by atoms with E-state index in [4.69, 9.17) is 10.5 Å². The fourth-order valence-corrected chi connectivity index (χ4v) is 2.48. The molecular formula is C9H11N3O3S. The monoisotopic (exact) mass is 241 g/mol. The summed E-state index contributed by atoms with van der Waals surface area (Å²) in [6.07, 6.45) is 0. The molecule has 0 spiro atoms. The molecule has 0 aliphatic carbocycles. The summed E-state index contributed by atoms with van der Waals surface area (Å²) in [7, 11) is -2.10. The minimum absolute atomic E-state index is 0.0354. The minimum atomic E-state index is -3.64. The van der Waals surface area contributed by atoms with Crippen molar-refractivity contribution >= 4 is 16.0 Å². The van der Waals surface area contributed by atoms with Crippen molar-refractivity contribution in [1.29, 1.82) is 0 Å². The van der Waals surface area contributed by atoms with Crippen molar-refractivity contribution in [3.05, 3.63) is 29.8 Å². The highest BCUT2D eigenvalue weighted by molar-refractivity contribution is 7.88. The topological polar surface area (TPSA) is 93.8 Å². The molecule has 0 bridgehead atoms. The number of amidine groups is 1. The first-order valence-electron chi connectivity index (χ1n) is 4.53. The maximum atomic E-state index is 11.2. The molecular weight excluding hydrogens is 230 g/mol. The first kappa shape index (κ1) is 10.9. The highest BCUT2D eigenvalue weighted by atomic mass is 32.2. The fourth-order valence-electron chi connectivity index (χ4n) is 1.49. The number of nitrogens with one attached hydrogen (secondary N) is 1. The van der Waals surface area contributed by atoms with Gasteiger partial charge in [0.25, 0.3) is 0 Å². The van der Waals surface area contributed by atoms with Gasteiger partial charge in [-0.2, -0.15) is 13.1 Å². The van der Waals surface area contributed by atoms with Crippen LogP contribution >= 0.6 is 0 Å². The van der Waals surface area contributed by atoms with Crippen LogP contribution in [0.2, 0.25) is 0 Å². The molecule has 0 saturated carbocycles. The van der Waals surface area contributed by atoms with Gasteiger partial charge in [-0.15, -0.1) is 4.40 Å². The second kappa shape index (κ2) is 3.76. The van der Waals surface area contributed by atoms with Crippen LogP contribution in [0.3, 0.4) is 0 Å². The number of nitrogens with two attached hydrogens (primary N) is 1. The molecule has 1 aromatic carbocycles. The van der Waals surface area contributed by atoms with Crippen molar-refractivity contribution < 1.29 is 13.2 Å². The van der Waals surface area contributed by atoms with Crippen LogP contribution in [0.4, 0.5) is 0 Å². The number of hydrogen-bond donors (Lipinski definition) is 2. The summed E-state index contributed by atoms with van der Waals surface area (Å²) in [6, 6.07) is 6.37. The van der Waals surface area contributed by atoms with Crippen LogP contribution in [0, 0.1) is 0 Å². The Balaban J connectivity index is 2.36. The predicted octanol–water partition coefficient (Wildman–Crippen LogP) is -0.0585. The van der Waals surface area contributed by atoms with E-state index in [9.17, 15) is 8.42 Å². The molecule has 1 aromatic rings. The Morgan fingerprint density at radius 1 is 1.50 bits per heavy atom. The summed E-state index contributed by atoms with van der Waals surface area (Å²) in [4.78, 5) is 0. The highest BCUT2D eigenvalue weighted by Crippen LogP contribution is 2.23. The van der Waals surface area contributed by atoms with E-state index >= 15 is 0 Å². The SMILES string of the molecule is COc1cccc(C2NS(=O)(=O)N=C2N)c1. The summed E-state index contributed by atoms with van der Waals surface area (Å²) >= 11 is 0. The molecule has 86 valence electrons. The van der Waals surface area contributed by atoms with E-state index in [1.807, 2.05) is 0 Å². The summed E-state index contributed by atoms with van der Waals surface area (Å²) < 4.78 is 33.1. The van der Waals surface area contributed by atoms with Crippen molar-refractivity contribution in [1.82, 2.24) is 4.72 Å². The predicted molar refractivity (Wildman–Crippen MR) is 59.4 cm³/mol. The molecule has 7 heteroatoms. The first-order chi connectivity index (χ1) is 7.52. The molecule has 0 aromatic heterocycles. The van der Waals surface area contributed by atoms with E-state index in [1.165, 1.54) is 7.11 Å². The third-order valence-corrected chi connectivity index (χ3v) is 3.20. The van der Waals surface area contributed by atoms with Crippen molar-refractivity contribution in [2.24, 2.45) is 10.1 Å². The van der Waals surface area contributed by atoms with Crippen LogP contribution in [0.5, 0.6) is 5.75 Å². The van der Waals surface area contributed by atoms with Gasteiger partial charge in [-0.3, -0.25) is 0 Å². The third kappa shape index (κ3) is 2.00. The lowest BCUT2D eigenvalue weighted by Gasteiger charge is -2.10. The van der Waals surface area contributed by atoms with Crippen LogP contribution in [0.15, 0.2) is 28.7 Å². The van der Waals surface area contributed by atoms with E-state index in [1.54, 1.807) is 24.3 Å². The Kier molecular flexibility index (Phi) is 2.56. The standard InChI is InChI=1S/C9H11N3O3S/c1-15-7-4-2-3-6(5-7)8-9(10)12-16(13,14)11-8/h2-5,8,11H,1H3,(H2,10,12). The van der Waals surface area contributed by atoms with Gasteiger partial charge >= 0.3 is 10.2 Å². The van der Waals surface area contributed by atoms with E-state index < -0.39 is 16.3 Å². The molecule has 6 nitrogen and oxygen atoms in total. The summed E-state index contributed by atoms with van der Waals surface area (Å²) in [5.74, 6) is 0.671. The maximum Gasteiger partial charge on any atom is 0.322 e. The van der Waals surface area contributed by atoms with Gasteiger partial charge in [-0.1, -0.05) is 12.1 Å². The number of rotatable bonds is 2. The third-order valence-electron chi connectivity index (χ3n) is 2.22. The number of hydrogen-bond acceptors (Lipinski definition) is 4. The molecule has 16 heavy (non-hydrogen) atoms. The summed E-state index contributed by atoms with van der Waals surface area (Å²) in [6.45, 7) is 0. The van der Waals surface area contributed by atoms with Crippen LogP contribution in [-0.2, 0) is 10.2 Å². The second-order valence-corrected chi connectivity index (χ2v) is 4.69. The molecule has 2 rings (SSSR count). The highest BCUT2D eigenvalue weighted by Gasteiger charge is 2.29. The van der Waals surface area contributed by atoms with Crippen molar-refractivity contribution in [2.75, 3.05) is 7.11 Å². The van der Waals surface area contributed by atoms with Gasteiger partial charge in [0.05, 0.1) is 7.11 Å². The lowest BCUT2D eigenvalue weighted by Crippen LogP contribution is -2.28. The average Bonchev–Trinajstić information content (AvgIpc) is 2.52. The number of nitrogens with zero attached hydrogens (tertiary/aromatic N) is 1. The second-order valence-electron chi connectivity index (χ2n) is 3.32. The van der Waals surface area contributed by atoms with Crippen LogP contribution in [0.1, 0.15) is 11.6 Å².